The Kier molecular flexibility index (Phi) is 3.57. The molecule has 0 aliphatic heterocycles. The molecular formula is C15H18N2O3S. The highest BCUT2D eigenvalue weighted by Crippen LogP contribution is 2.48. The SMILES string of the molecule is Cc1ncc(CN(C)C(=O)C2C3C=CC(C3)C2C(=O)O)s1. The van der Waals surface area contributed by atoms with Gasteiger partial charge >= 0.3 is 5.97 Å². The minimum atomic E-state index is -0.854. The number of hydrogen-bond donors (Lipinski definition) is 1. The van der Waals surface area contributed by atoms with E-state index in [1.807, 2.05) is 19.1 Å². The average molecular weight is 306 g/mol. The van der Waals surface area contributed by atoms with Gasteiger partial charge in [0.05, 0.1) is 23.4 Å². The second-order valence-corrected chi connectivity index (χ2v) is 7.20. The summed E-state index contributed by atoms with van der Waals surface area (Å²) < 4.78 is 0. The maximum atomic E-state index is 12.7. The molecule has 112 valence electrons. The molecule has 3 rings (SSSR count). The molecule has 0 saturated heterocycles. The van der Waals surface area contributed by atoms with Crippen LogP contribution in [0.5, 0.6) is 0 Å². The molecule has 1 amide bonds. The Balaban J connectivity index is 1.74. The molecule has 1 N–H and O–H groups in total. The fourth-order valence-corrected chi connectivity index (χ4v) is 4.39. The summed E-state index contributed by atoms with van der Waals surface area (Å²) in [7, 11) is 1.74. The first-order valence-electron chi connectivity index (χ1n) is 7.05. The fourth-order valence-electron chi connectivity index (χ4n) is 3.54. The van der Waals surface area contributed by atoms with E-state index in [1.54, 1.807) is 29.5 Å². The van der Waals surface area contributed by atoms with Gasteiger partial charge in [-0.25, -0.2) is 4.98 Å². The molecule has 4 atom stereocenters. The zero-order chi connectivity index (χ0) is 15.1. The number of carboxylic acid groups (broad SMARTS) is 1. The normalized spacial score (nSPS) is 29.8. The van der Waals surface area contributed by atoms with Gasteiger partial charge in [-0.3, -0.25) is 9.59 Å². The van der Waals surface area contributed by atoms with Crippen molar-refractivity contribution in [2.45, 2.75) is 19.9 Å². The summed E-state index contributed by atoms with van der Waals surface area (Å²) >= 11 is 1.56. The van der Waals surface area contributed by atoms with Crippen LogP contribution in [-0.4, -0.2) is 33.9 Å². The summed E-state index contributed by atoms with van der Waals surface area (Å²) in [6.07, 6.45) is 6.54. The van der Waals surface area contributed by atoms with Gasteiger partial charge in [0.25, 0.3) is 0 Å². The Morgan fingerprint density at radius 1 is 1.38 bits per heavy atom. The van der Waals surface area contributed by atoms with Crippen molar-refractivity contribution in [2.75, 3.05) is 7.05 Å². The lowest BCUT2D eigenvalue weighted by molar-refractivity contribution is -0.150. The van der Waals surface area contributed by atoms with Gasteiger partial charge in [-0.1, -0.05) is 12.2 Å². The molecule has 1 heterocycles. The number of hydrogen-bond acceptors (Lipinski definition) is 4. The number of rotatable bonds is 4. The van der Waals surface area contributed by atoms with Crippen LogP contribution < -0.4 is 0 Å². The van der Waals surface area contributed by atoms with Crippen LogP contribution in [0, 0.1) is 30.6 Å². The summed E-state index contributed by atoms with van der Waals surface area (Å²) in [6, 6.07) is 0. The number of thiazole rings is 1. The Morgan fingerprint density at radius 2 is 2.05 bits per heavy atom. The molecule has 0 aromatic carbocycles. The third kappa shape index (κ3) is 2.48. The summed E-state index contributed by atoms with van der Waals surface area (Å²) in [5.41, 5.74) is 0. The van der Waals surface area contributed by atoms with Crippen LogP contribution in [0.1, 0.15) is 16.3 Å². The van der Waals surface area contributed by atoms with Crippen LogP contribution in [0.4, 0.5) is 0 Å². The Hall–Kier alpha value is -1.69. The monoisotopic (exact) mass is 306 g/mol. The molecule has 5 nitrogen and oxygen atoms in total. The Morgan fingerprint density at radius 3 is 2.62 bits per heavy atom. The van der Waals surface area contributed by atoms with Crippen molar-refractivity contribution in [3.63, 3.8) is 0 Å². The van der Waals surface area contributed by atoms with Gasteiger partial charge in [-0.2, -0.15) is 0 Å². The second-order valence-electron chi connectivity index (χ2n) is 5.88. The van der Waals surface area contributed by atoms with E-state index in [-0.39, 0.29) is 17.7 Å². The number of aliphatic carboxylic acids is 1. The maximum absolute atomic E-state index is 12.7. The van der Waals surface area contributed by atoms with Crippen molar-refractivity contribution in [2.24, 2.45) is 23.7 Å². The number of carboxylic acids is 1. The van der Waals surface area contributed by atoms with Crippen LogP contribution >= 0.6 is 11.3 Å². The van der Waals surface area contributed by atoms with Crippen molar-refractivity contribution in [1.29, 1.82) is 0 Å². The highest BCUT2D eigenvalue weighted by Gasteiger charge is 2.52. The zero-order valence-corrected chi connectivity index (χ0v) is 12.8. The van der Waals surface area contributed by atoms with E-state index in [4.69, 9.17) is 0 Å². The molecule has 2 bridgehead atoms. The van der Waals surface area contributed by atoms with Gasteiger partial charge in [-0.05, 0) is 25.2 Å². The molecule has 2 aliphatic carbocycles. The number of nitrogens with zero attached hydrogens (tertiary/aromatic N) is 2. The minimum absolute atomic E-state index is 0.0144. The van der Waals surface area contributed by atoms with Crippen LogP contribution in [0.15, 0.2) is 18.3 Å². The molecule has 21 heavy (non-hydrogen) atoms. The van der Waals surface area contributed by atoms with Crippen LogP contribution in [0.3, 0.4) is 0 Å². The molecule has 4 unspecified atom stereocenters. The van der Waals surface area contributed by atoms with Gasteiger partial charge in [0, 0.05) is 18.1 Å². The average Bonchev–Trinajstić information content (AvgIpc) is 3.12. The van der Waals surface area contributed by atoms with E-state index in [1.165, 1.54) is 0 Å². The van der Waals surface area contributed by atoms with Gasteiger partial charge < -0.3 is 10.0 Å². The van der Waals surface area contributed by atoms with Crippen LogP contribution in [-0.2, 0) is 16.1 Å². The van der Waals surface area contributed by atoms with Crippen molar-refractivity contribution < 1.29 is 14.7 Å². The minimum Gasteiger partial charge on any atom is -0.481 e. The Bertz CT molecular complexity index is 610. The van der Waals surface area contributed by atoms with E-state index >= 15 is 0 Å². The fraction of sp³-hybridized carbons (Fsp3) is 0.533. The molecule has 0 spiro atoms. The van der Waals surface area contributed by atoms with E-state index in [0.29, 0.717) is 6.54 Å². The number of amides is 1. The molecular weight excluding hydrogens is 288 g/mol. The van der Waals surface area contributed by atoms with E-state index in [0.717, 1.165) is 16.3 Å². The van der Waals surface area contributed by atoms with E-state index in [2.05, 4.69) is 4.98 Å². The topological polar surface area (TPSA) is 70.5 Å². The Labute approximate surface area is 127 Å². The number of carbonyl (C=O) groups is 2. The van der Waals surface area contributed by atoms with Gasteiger partial charge in [0.2, 0.25) is 5.91 Å². The predicted molar refractivity (Wildman–Crippen MR) is 78.7 cm³/mol. The summed E-state index contributed by atoms with van der Waals surface area (Å²) in [5, 5.41) is 10.4. The standard InChI is InChI=1S/C15H18N2O3S/c1-8-16-6-11(21-8)7-17(2)14(18)12-9-3-4-10(5-9)13(12)15(19)20/h3-4,6,9-10,12-13H,5,7H2,1-2H3,(H,19,20). The van der Waals surface area contributed by atoms with Gasteiger partial charge in [0.1, 0.15) is 0 Å². The molecule has 0 radical (unpaired) electrons. The number of aryl methyl sites for hydroxylation is 1. The lowest BCUT2D eigenvalue weighted by Gasteiger charge is -2.28. The van der Waals surface area contributed by atoms with E-state index in [9.17, 15) is 14.7 Å². The highest BCUT2D eigenvalue weighted by molar-refractivity contribution is 7.11. The lowest BCUT2D eigenvalue weighted by atomic mass is 9.82. The first-order valence-corrected chi connectivity index (χ1v) is 7.86. The summed E-state index contributed by atoms with van der Waals surface area (Å²) in [4.78, 5) is 31.0. The first kappa shape index (κ1) is 14.3. The number of aromatic nitrogens is 1. The zero-order valence-electron chi connectivity index (χ0n) is 12.0. The molecule has 1 aromatic rings. The predicted octanol–water partition coefficient (Wildman–Crippen LogP) is 1.93. The number of carbonyl (C=O) groups excluding carboxylic acids is 1. The van der Waals surface area contributed by atoms with Crippen LogP contribution in [0.25, 0.3) is 0 Å². The first-order chi connectivity index (χ1) is 9.97. The smallest absolute Gasteiger partial charge is 0.307 e. The quantitative estimate of drug-likeness (QED) is 0.863. The van der Waals surface area contributed by atoms with Crippen molar-refractivity contribution in [3.8, 4) is 0 Å². The molecule has 1 fully saturated rings. The van der Waals surface area contributed by atoms with Crippen molar-refractivity contribution in [3.05, 3.63) is 28.2 Å². The molecule has 6 heteroatoms. The number of allylic oxidation sites excluding steroid dienone is 2. The largest absolute Gasteiger partial charge is 0.481 e. The second kappa shape index (κ2) is 5.26. The van der Waals surface area contributed by atoms with Gasteiger partial charge in [-0.15, -0.1) is 11.3 Å². The molecule has 1 aromatic heterocycles. The molecule has 1 saturated carbocycles. The summed E-state index contributed by atoms with van der Waals surface area (Å²) in [5.74, 6) is -1.82. The van der Waals surface area contributed by atoms with Crippen molar-refractivity contribution >= 4 is 23.2 Å². The third-order valence-electron chi connectivity index (χ3n) is 4.47. The summed E-state index contributed by atoms with van der Waals surface area (Å²) in [6.45, 7) is 2.42. The maximum Gasteiger partial charge on any atom is 0.307 e. The molecule has 2 aliphatic rings. The van der Waals surface area contributed by atoms with Gasteiger partial charge in [0.15, 0.2) is 0 Å². The number of fused-ring (bicyclic) bond motifs is 2. The third-order valence-corrected chi connectivity index (χ3v) is 5.37. The highest BCUT2D eigenvalue weighted by atomic mass is 32.1. The van der Waals surface area contributed by atoms with E-state index < -0.39 is 17.8 Å². The van der Waals surface area contributed by atoms with Crippen LogP contribution in [0.2, 0.25) is 0 Å². The van der Waals surface area contributed by atoms with Crippen molar-refractivity contribution in [1.82, 2.24) is 9.88 Å². The lowest BCUT2D eigenvalue weighted by Crippen LogP contribution is -2.40.